The number of carbonyl (C=O) groups is 3. The van der Waals surface area contributed by atoms with E-state index in [1.165, 1.54) is 4.90 Å². The molecule has 4 rings (SSSR count). The Morgan fingerprint density at radius 1 is 1.27 bits per heavy atom. The Bertz CT molecular complexity index is 793. The van der Waals surface area contributed by atoms with Gasteiger partial charge in [-0.2, -0.15) is 0 Å². The number of benzene rings is 1. The maximum atomic E-state index is 13.2. The fourth-order valence-corrected chi connectivity index (χ4v) is 4.88. The predicted molar refractivity (Wildman–Crippen MR) is 92.8 cm³/mol. The molecule has 2 saturated heterocycles. The lowest BCUT2D eigenvalue weighted by Gasteiger charge is -2.26. The van der Waals surface area contributed by atoms with Crippen molar-refractivity contribution in [3.05, 3.63) is 29.8 Å². The number of quaternary nitrogens is 1. The van der Waals surface area contributed by atoms with Crippen LogP contribution in [0.15, 0.2) is 24.3 Å². The Morgan fingerprint density at radius 2 is 2.00 bits per heavy atom. The Balaban J connectivity index is 1.85. The van der Waals surface area contributed by atoms with E-state index in [1.807, 2.05) is 25.1 Å². The number of likely N-dealkylation sites (tertiary alicyclic amines) is 1. The molecule has 138 valence electrons. The third-order valence-corrected chi connectivity index (χ3v) is 6.09. The first-order valence-electron chi connectivity index (χ1n) is 9.23. The van der Waals surface area contributed by atoms with Gasteiger partial charge in [-0.25, -0.2) is 0 Å². The number of hydrogen-bond acceptors (Lipinski definition) is 4. The summed E-state index contributed by atoms with van der Waals surface area (Å²) >= 11 is 0. The van der Waals surface area contributed by atoms with Gasteiger partial charge in [0.25, 0.3) is 5.91 Å². The second-order valence-electron chi connectivity index (χ2n) is 7.54. The molecule has 3 amide bonds. The predicted octanol–water partition coefficient (Wildman–Crippen LogP) is -0.438. The van der Waals surface area contributed by atoms with E-state index in [-0.39, 0.29) is 17.7 Å². The van der Waals surface area contributed by atoms with Crippen molar-refractivity contribution in [3.8, 4) is 0 Å². The third kappa shape index (κ3) is 2.04. The summed E-state index contributed by atoms with van der Waals surface area (Å²) in [6, 6.07) is 6.76. The minimum atomic E-state index is -1.18. The highest BCUT2D eigenvalue weighted by molar-refractivity contribution is 6.13. The van der Waals surface area contributed by atoms with Crippen LogP contribution in [0.4, 0.5) is 5.69 Å². The molecule has 1 aromatic carbocycles. The number of imide groups is 1. The topological polar surface area (TPSA) is 103 Å². The lowest BCUT2D eigenvalue weighted by molar-refractivity contribution is -0.738. The molecule has 0 bridgehead atoms. The standard InChI is InChI=1S/C19H23N3O4/c1-3-4-9-22-16(24)13-14(17(22)25)19(21-15(13)10(2)23)11-7-5-6-8-12(11)20-18(19)26/h5-8,10,13-15,21,23H,3-4,9H2,1-2H3,(H,20,26)/p+1/t10-,13+,14+,15+,19-/m1/s1. The van der Waals surface area contributed by atoms with Crippen LogP contribution in [0, 0.1) is 11.8 Å². The quantitative estimate of drug-likeness (QED) is 0.635. The van der Waals surface area contributed by atoms with Crippen LogP contribution in [-0.2, 0) is 19.9 Å². The monoisotopic (exact) mass is 358 g/mol. The zero-order chi connectivity index (χ0) is 18.6. The van der Waals surface area contributed by atoms with Crippen LogP contribution in [0.5, 0.6) is 0 Å². The van der Waals surface area contributed by atoms with Gasteiger partial charge in [0.2, 0.25) is 17.4 Å². The maximum Gasteiger partial charge on any atom is 0.291 e. The molecule has 0 aliphatic carbocycles. The minimum absolute atomic E-state index is 0.260. The summed E-state index contributed by atoms with van der Waals surface area (Å²) in [6.07, 6.45) is 0.785. The Hall–Kier alpha value is -2.25. The van der Waals surface area contributed by atoms with E-state index >= 15 is 0 Å². The summed E-state index contributed by atoms with van der Waals surface area (Å²) in [4.78, 5) is 40.6. The Kier molecular flexibility index (Phi) is 3.89. The van der Waals surface area contributed by atoms with Gasteiger partial charge in [0.1, 0.15) is 24.0 Å². The fourth-order valence-electron chi connectivity index (χ4n) is 4.88. The summed E-state index contributed by atoms with van der Waals surface area (Å²) in [5.41, 5.74) is 0.212. The van der Waals surface area contributed by atoms with Gasteiger partial charge >= 0.3 is 0 Å². The molecule has 0 unspecified atom stereocenters. The van der Waals surface area contributed by atoms with E-state index in [9.17, 15) is 19.5 Å². The molecule has 4 N–H and O–H groups in total. The molecule has 0 saturated carbocycles. The SMILES string of the molecule is CCCCN1C(=O)[C@@H]2[C@H]([C@@H](C)O)[NH2+][C@@]3(C(=O)Nc4ccccc43)[C@@H]2C1=O. The minimum Gasteiger partial charge on any atom is -0.387 e. The van der Waals surface area contributed by atoms with Crippen LogP contribution < -0.4 is 10.6 Å². The number of nitrogens with one attached hydrogen (secondary N) is 1. The van der Waals surface area contributed by atoms with Crippen LogP contribution in [-0.4, -0.2) is 46.4 Å². The summed E-state index contributed by atoms with van der Waals surface area (Å²) in [5.74, 6) is -2.30. The average molecular weight is 358 g/mol. The molecule has 1 aromatic rings. The van der Waals surface area contributed by atoms with Crippen molar-refractivity contribution in [1.29, 1.82) is 0 Å². The summed E-state index contributed by atoms with van der Waals surface area (Å²) in [7, 11) is 0. The van der Waals surface area contributed by atoms with Gasteiger partial charge in [0.05, 0.1) is 5.69 Å². The number of para-hydroxylation sites is 1. The lowest BCUT2D eigenvalue weighted by atomic mass is 9.76. The normalized spacial score (nSPS) is 33.6. The summed E-state index contributed by atoms with van der Waals surface area (Å²) in [6.45, 7) is 3.98. The molecule has 3 aliphatic rings. The first-order chi connectivity index (χ1) is 12.4. The number of aliphatic hydroxyl groups is 1. The number of carbonyl (C=O) groups excluding carboxylic acids is 3. The molecule has 0 radical (unpaired) electrons. The van der Waals surface area contributed by atoms with Gasteiger partial charge in [0, 0.05) is 12.1 Å². The smallest absolute Gasteiger partial charge is 0.291 e. The molecule has 7 nitrogen and oxygen atoms in total. The maximum absolute atomic E-state index is 13.2. The average Bonchev–Trinajstić information content (AvgIpc) is 3.20. The van der Waals surface area contributed by atoms with Crippen LogP contribution in [0.3, 0.4) is 0 Å². The van der Waals surface area contributed by atoms with E-state index in [1.54, 1.807) is 18.3 Å². The van der Waals surface area contributed by atoms with Gasteiger partial charge in [0.15, 0.2) is 0 Å². The first-order valence-corrected chi connectivity index (χ1v) is 9.23. The second-order valence-corrected chi connectivity index (χ2v) is 7.54. The van der Waals surface area contributed by atoms with Crippen molar-refractivity contribution in [2.45, 2.75) is 44.4 Å². The van der Waals surface area contributed by atoms with Gasteiger partial charge in [-0.1, -0.05) is 31.5 Å². The number of anilines is 1. The molecule has 0 aromatic heterocycles. The van der Waals surface area contributed by atoms with E-state index in [0.29, 0.717) is 12.2 Å². The zero-order valence-electron chi connectivity index (χ0n) is 14.9. The fraction of sp³-hybridized carbons (Fsp3) is 0.526. The van der Waals surface area contributed by atoms with Gasteiger partial charge < -0.3 is 15.7 Å². The van der Waals surface area contributed by atoms with E-state index in [0.717, 1.165) is 18.4 Å². The number of amides is 3. The van der Waals surface area contributed by atoms with Crippen LogP contribution in [0.25, 0.3) is 0 Å². The number of nitrogens with zero attached hydrogens (tertiary/aromatic N) is 1. The first kappa shape index (κ1) is 17.2. The number of unbranched alkanes of at least 4 members (excludes halogenated alkanes) is 1. The van der Waals surface area contributed by atoms with Crippen molar-refractivity contribution in [2.24, 2.45) is 11.8 Å². The van der Waals surface area contributed by atoms with E-state index in [4.69, 9.17) is 0 Å². The highest BCUT2D eigenvalue weighted by Gasteiger charge is 2.74. The molecule has 1 spiro atoms. The number of fused-ring (bicyclic) bond motifs is 4. The van der Waals surface area contributed by atoms with Crippen molar-refractivity contribution in [3.63, 3.8) is 0 Å². The number of aliphatic hydroxyl groups excluding tert-OH is 1. The molecule has 3 aliphatic heterocycles. The van der Waals surface area contributed by atoms with E-state index < -0.39 is 29.5 Å². The van der Waals surface area contributed by atoms with E-state index in [2.05, 4.69) is 5.32 Å². The van der Waals surface area contributed by atoms with Crippen LogP contribution >= 0.6 is 0 Å². The highest BCUT2D eigenvalue weighted by Crippen LogP contribution is 2.49. The van der Waals surface area contributed by atoms with Crippen LogP contribution in [0.2, 0.25) is 0 Å². The Labute approximate surface area is 151 Å². The molecule has 7 heteroatoms. The molecule has 26 heavy (non-hydrogen) atoms. The highest BCUT2D eigenvalue weighted by atomic mass is 16.3. The van der Waals surface area contributed by atoms with Gasteiger partial charge in [-0.15, -0.1) is 0 Å². The van der Waals surface area contributed by atoms with Crippen LogP contribution in [0.1, 0.15) is 32.3 Å². The van der Waals surface area contributed by atoms with Gasteiger partial charge in [-0.3, -0.25) is 19.3 Å². The third-order valence-electron chi connectivity index (χ3n) is 6.09. The number of rotatable bonds is 4. The zero-order valence-corrected chi connectivity index (χ0v) is 14.9. The summed E-state index contributed by atoms with van der Waals surface area (Å²) in [5, 5.41) is 14.9. The molecule has 3 heterocycles. The van der Waals surface area contributed by atoms with Crippen molar-refractivity contribution < 1.29 is 24.8 Å². The molecular formula is C19H24N3O4+. The lowest BCUT2D eigenvalue weighted by Crippen LogP contribution is -3.00. The number of hydrogen-bond donors (Lipinski definition) is 3. The molecular weight excluding hydrogens is 334 g/mol. The molecule has 5 atom stereocenters. The second kappa shape index (κ2) is 5.89. The summed E-state index contributed by atoms with van der Waals surface area (Å²) < 4.78 is 0. The van der Waals surface area contributed by atoms with Gasteiger partial charge in [-0.05, 0) is 19.4 Å². The van der Waals surface area contributed by atoms with Crippen molar-refractivity contribution in [1.82, 2.24) is 4.90 Å². The van der Waals surface area contributed by atoms with Crippen molar-refractivity contribution >= 4 is 23.4 Å². The Morgan fingerprint density at radius 3 is 2.69 bits per heavy atom. The largest absolute Gasteiger partial charge is 0.387 e. The molecule has 2 fully saturated rings. The van der Waals surface area contributed by atoms with Crippen molar-refractivity contribution in [2.75, 3.05) is 11.9 Å². The number of nitrogens with two attached hydrogens (primary N) is 1.